The lowest BCUT2D eigenvalue weighted by atomic mass is 9.84. The Balaban J connectivity index is 1.68. The minimum absolute atomic E-state index is 0.150. The predicted molar refractivity (Wildman–Crippen MR) is 102 cm³/mol. The van der Waals surface area contributed by atoms with Crippen LogP contribution in [0.3, 0.4) is 0 Å². The smallest absolute Gasteiger partial charge is 0.220 e. The normalized spacial score (nSPS) is 16.6. The second-order valence-corrected chi connectivity index (χ2v) is 7.34. The summed E-state index contributed by atoms with van der Waals surface area (Å²) >= 11 is 0. The fourth-order valence-corrected chi connectivity index (χ4v) is 3.19. The summed E-state index contributed by atoms with van der Waals surface area (Å²) in [4.78, 5) is 14.3. The van der Waals surface area contributed by atoms with Crippen LogP contribution in [-0.2, 0) is 11.3 Å². The molecule has 1 amide bonds. The van der Waals surface area contributed by atoms with Crippen LogP contribution >= 0.6 is 0 Å². The minimum atomic E-state index is 0.150. The number of likely N-dealkylation sites (N-methyl/N-ethyl adjacent to an activating group) is 1. The van der Waals surface area contributed by atoms with Crippen LogP contribution in [0.25, 0.3) is 0 Å². The first-order valence-corrected chi connectivity index (χ1v) is 9.38. The Morgan fingerprint density at radius 2 is 1.96 bits per heavy atom. The molecule has 2 rings (SSSR count). The maximum atomic E-state index is 12.2. The van der Waals surface area contributed by atoms with Gasteiger partial charge in [-0.2, -0.15) is 0 Å². The molecule has 0 bridgehead atoms. The molecule has 0 saturated carbocycles. The Morgan fingerprint density at radius 3 is 2.60 bits per heavy atom. The molecule has 5 heteroatoms. The standard InChI is InChI=1S/C20H33N3O2/c1-16(18-8-10-21-11-9-18)14-20(24)22-15-17-4-6-19(7-5-17)25-13-12-23(2)3/h4-7,16,18,21H,8-15H2,1-3H3,(H,22,24). The van der Waals surface area contributed by atoms with Crippen molar-refractivity contribution in [1.29, 1.82) is 0 Å². The number of hydrogen-bond acceptors (Lipinski definition) is 4. The third-order valence-corrected chi connectivity index (χ3v) is 4.92. The van der Waals surface area contributed by atoms with E-state index in [0.717, 1.165) is 30.9 Å². The zero-order chi connectivity index (χ0) is 18.1. The molecule has 1 atom stereocenters. The summed E-state index contributed by atoms with van der Waals surface area (Å²) in [6, 6.07) is 7.96. The van der Waals surface area contributed by atoms with Gasteiger partial charge in [-0.25, -0.2) is 0 Å². The van der Waals surface area contributed by atoms with Gasteiger partial charge >= 0.3 is 0 Å². The Morgan fingerprint density at radius 1 is 1.28 bits per heavy atom. The van der Waals surface area contributed by atoms with Crippen LogP contribution in [0.2, 0.25) is 0 Å². The molecule has 0 aliphatic carbocycles. The molecule has 25 heavy (non-hydrogen) atoms. The van der Waals surface area contributed by atoms with E-state index in [1.807, 2.05) is 38.4 Å². The highest BCUT2D eigenvalue weighted by molar-refractivity contribution is 5.76. The van der Waals surface area contributed by atoms with Crippen molar-refractivity contribution in [3.8, 4) is 5.75 Å². The lowest BCUT2D eigenvalue weighted by molar-refractivity contribution is -0.122. The number of hydrogen-bond donors (Lipinski definition) is 2. The number of rotatable bonds is 9. The summed E-state index contributed by atoms with van der Waals surface area (Å²) in [7, 11) is 4.06. The van der Waals surface area contributed by atoms with Gasteiger partial charge in [0.25, 0.3) is 0 Å². The van der Waals surface area contributed by atoms with Gasteiger partial charge in [0.2, 0.25) is 5.91 Å². The van der Waals surface area contributed by atoms with Crippen molar-refractivity contribution in [2.75, 3.05) is 40.3 Å². The summed E-state index contributed by atoms with van der Waals surface area (Å²) in [6.07, 6.45) is 2.99. The van der Waals surface area contributed by atoms with E-state index in [2.05, 4.69) is 22.5 Å². The number of benzene rings is 1. The monoisotopic (exact) mass is 347 g/mol. The maximum Gasteiger partial charge on any atom is 0.220 e. The number of carbonyl (C=O) groups is 1. The molecule has 0 radical (unpaired) electrons. The second kappa shape index (κ2) is 10.4. The first kappa shape index (κ1) is 19.7. The first-order valence-electron chi connectivity index (χ1n) is 9.38. The van der Waals surface area contributed by atoms with E-state index in [9.17, 15) is 4.79 Å². The highest BCUT2D eigenvalue weighted by atomic mass is 16.5. The summed E-state index contributed by atoms with van der Waals surface area (Å²) in [6.45, 7) is 6.52. The highest BCUT2D eigenvalue weighted by Gasteiger charge is 2.21. The molecule has 2 N–H and O–H groups in total. The minimum Gasteiger partial charge on any atom is -0.492 e. The average molecular weight is 348 g/mol. The number of amides is 1. The van der Waals surface area contributed by atoms with E-state index >= 15 is 0 Å². The van der Waals surface area contributed by atoms with Crippen LogP contribution in [0.1, 0.15) is 31.7 Å². The van der Waals surface area contributed by atoms with Crippen LogP contribution in [0.15, 0.2) is 24.3 Å². The molecule has 1 unspecified atom stereocenters. The first-order chi connectivity index (χ1) is 12.0. The van der Waals surface area contributed by atoms with Crippen molar-refractivity contribution in [2.45, 2.75) is 32.7 Å². The SMILES string of the molecule is CC(CC(=O)NCc1ccc(OCCN(C)C)cc1)C1CCNCC1. The third-order valence-electron chi connectivity index (χ3n) is 4.92. The zero-order valence-electron chi connectivity index (χ0n) is 15.9. The highest BCUT2D eigenvalue weighted by Crippen LogP contribution is 2.24. The summed E-state index contributed by atoms with van der Waals surface area (Å²) < 4.78 is 5.68. The van der Waals surface area contributed by atoms with Gasteiger partial charge in [0.05, 0.1) is 0 Å². The number of carbonyl (C=O) groups excluding carboxylic acids is 1. The van der Waals surface area contributed by atoms with Crippen LogP contribution in [0.5, 0.6) is 5.75 Å². The topological polar surface area (TPSA) is 53.6 Å². The molecule has 5 nitrogen and oxygen atoms in total. The van der Waals surface area contributed by atoms with Crippen molar-refractivity contribution in [3.05, 3.63) is 29.8 Å². The summed E-state index contributed by atoms with van der Waals surface area (Å²) in [5, 5.41) is 6.42. The Labute approximate surface area is 152 Å². The number of nitrogens with zero attached hydrogens (tertiary/aromatic N) is 1. The molecule has 1 aromatic rings. The molecule has 0 spiro atoms. The van der Waals surface area contributed by atoms with E-state index in [0.29, 0.717) is 31.4 Å². The number of ether oxygens (including phenoxy) is 1. The fraction of sp³-hybridized carbons (Fsp3) is 0.650. The summed E-state index contributed by atoms with van der Waals surface area (Å²) in [5.41, 5.74) is 1.10. The van der Waals surface area contributed by atoms with Gasteiger partial charge in [-0.15, -0.1) is 0 Å². The van der Waals surface area contributed by atoms with Gasteiger partial charge in [-0.1, -0.05) is 19.1 Å². The van der Waals surface area contributed by atoms with E-state index in [1.165, 1.54) is 12.8 Å². The average Bonchev–Trinajstić information content (AvgIpc) is 2.61. The van der Waals surface area contributed by atoms with Crippen LogP contribution in [0, 0.1) is 11.8 Å². The van der Waals surface area contributed by atoms with E-state index in [4.69, 9.17) is 4.74 Å². The quantitative estimate of drug-likeness (QED) is 0.719. The van der Waals surface area contributed by atoms with Crippen LogP contribution in [-0.4, -0.2) is 51.1 Å². The van der Waals surface area contributed by atoms with Gasteiger partial charge in [-0.3, -0.25) is 4.79 Å². The van der Waals surface area contributed by atoms with E-state index in [-0.39, 0.29) is 5.91 Å². The van der Waals surface area contributed by atoms with Crippen molar-refractivity contribution < 1.29 is 9.53 Å². The van der Waals surface area contributed by atoms with Crippen molar-refractivity contribution >= 4 is 5.91 Å². The maximum absolute atomic E-state index is 12.2. The number of piperidine rings is 1. The van der Waals surface area contributed by atoms with Crippen molar-refractivity contribution in [1.82, 2.24) is 15.5 Å². The lowest BCUT2D eigenvalue weighted by Gasteiger charge is -2.27. The molecule has 1 saturated heterocycles. The van der Waals surface area contributed by atoms with Gasteiger partial charge in [0.15, 0.2) is 0 Å². The Hall–Kier alpha value is -1.59. The molecular formula is C20H33N3O2. The van der Waals surface area contributed by atoms with Gasteiger partial charge in [-0.05, 0) is 69.6 Å². The predicted octanol–water partition coefficient (Wildman–Crippen LogP) is 2.27. The second-order valence-electron chi connectivity index (χ2n) is 7.34. The van der Waals surface area contributed by atoms with Crippen LogP contribution < -0.4 is 15.4 Å². The largest absolute Gasteiger partial charge is 0.492 e. The third kappa shape index (κ3) is 7.45. The lowest BCUT2D eigenvalue weighted by Crippen LogP contribution is -2.33. The molecule has 1 fully saturated rings. The fourth-order valence-electron chi connectivity index (χ4n) is 3.19. The van der Waals surface area contributed by atoms with Gasteiger partial charge in [0.1, 0.15) is 12.4 Å². The zero-order valence-corrected chi connectivity index (χ0v) is 15.9. The Kier molecular flexibility index (Phi) is 8.22. The Bertz CT molecular complexity index is 510. The molecule has 1 aliphatic rings. The van der Waals surface area contributed by atoms with Crippen molar-refractivity contribution in [3.63, 3.8) is 0 Å². The van der Waals surface area contributed by atoms with Crippen LogP contribution in [0.4, 0.5) is 0 Å². The molecule has 1 aromatic carbocycles. The molecule has 140 valence electrons. The molecule has 0 aromatic heterocycles. The van der Waals surface area contributed by atoms with Gasteiger partial charge in [0, 0.05) is 19.5 Å². The molecule has 1 heterocycles. The summed E-state index contributed by atoms with van der Waals surface area (Å²) in [5.74, 6) is 2.15. The van der Waals surface area contributed by atoms with E-state index in [1.54, 1.807) is 0 Å². The van der Waals surface area contributed by atoms with Crippen molar-refractivity contribution in [2.24, 2.45) is 11.8 Å². The van der Waals surface area contributed by atoms with E-state index < -0.39 is 0 Å². The molecule has 1 aliphatic heterocycles. The van der Waals surface area contributed by atoms with Gasteiger partial charge < -0.3 is 20.3 Å². The molecular weight excluding hydrogens is 314 g/mol. The number of nitrogens with one attached hydrogen (secondary N) is 2.